The molecule has 1 fully saturated rings. The van der Waals surface area contributed by atoms with Crippen LogP contribution in [0.25, 0.3) is 0 Å². The normalized spacial score (nSPS) is 16.6. The molecule has 1 aromatic heterocycles. The fourth-order valence-electron chi connectivity index (χ4n) is 3.51. The molecule has 3 amide bonds. The Labute approximate surface area is 181 Å². The summed E-state index contributed by atoms with van der Waals surface area (Å²) in [6.45, 7) is 8.48. The van der Waals surface area contributed by atoms with Crippen molar-refractivity contribution in [3.8, 4) is 0 Å². The van der Waals surface area contributed by atoms with Gasteiger partial charge in [-0.25, -0.2) is 14.0 Å². The van der Waals surface area contributed by atoms with Gasteiger partial charge in [-0.15, -0.1) is 0 Å². The van der Waals surface area contributed by atoms with E-state index in [1.54, 1.807) is 42.3 Å². The van der Waals surface area contributed by atoms with Crippen LogP contribution in [0.5, 0.6) is 0 Å². The van der Waals surface area contributed by atoms with Crippen molar-refractivity contribution in [1.82, 2.24) is 14.8 Å². The minimum atomic E-state index is -0.543. The lowest BCUT2D eigenvalue weighted by Gasteiger charge is -2.39. The Morgan fingerprint density at radius 2 is 2.03 bits per heavy atom. The average molecular weight is 429 g/mol. The number of aromatic nitrogens is 1. The number of amides is 3. The number of carbonyl (C=O) groups excluding carboxylic acids is 2. The maximum Gasteiger partial charge on any atom is 0.410 e. The summed E-state index contributed by atoms with van der Waals surface area (Å²) in [6, 6.07) is 7.65. The number of halogens is 1. The zero-order valence-corrected chi connectivity index (χ0v) is 18.0. The van der Waals surface area contributed by atoms with E-state index in [0.717, 1.165) is 11.3 Å². The second-order valence-corrected chi connectivity index (χ2v) is 7.56. The highest BCUT2D eigenvalue weighted by Gasteiger charge is 2.28. The Morgan fingerprint density at radius 3 is 2.71 bits per heavy atom. The van der Waals surface area contributed by atoms with E-state index in [1.165, 1.54) is 6.07 Å². The molecule has 0 saturated carbocycles. The van der Waals surface area contributed by atoms with E-state index in [4.69, 9.17) is 4.74 Å². The Morgan fingerprint density at radius 1 is 1.23 bits per heavy atom. The second kappa shape index (κ2) is 10.2. The quantitative estimate of drug-likeness (QED) is 0.754. The van der Waals surface area contributed by atoms with Crippen molar-refractivity contribution >= 4 is 23.5 Å². The van der Waals surface area contributed by atoms with Crippen LogP contribution in [-0.2, 0) is 11.3 Å². The summed E-state index contributed by atoms with van der Waals surface area (Å²) in [5.74, 6) is -0.513. The van der Waals surface area contributed by atoms with E-state index < -0.39 is 11.8 Å². The highest BCUT2D eigenvalue weighted by molar-refractivity contribution is 5.99. The molecule has 8 nitrogen and oxygen atoms in total. The molecule has 2 N–H and O–H groups in total. The number of pyridine rings is 1. The summed E-state index contributed by atoms with van der Waals surface area (Å²) in [4.78, 5) is 32.3. The minimum absolute atomic E-state index is 0.0136. The Bertz CT molecular complexity index is 922. The summed E-state index contributed by atoms with van der Waals surface area (Å²) in [7, 11) is 0. The Hall–Kier alpha value is -3.20. The predicted octanol–water partition coefficient (Wildman–Crippen LogP) is 3.84. The number of hydrogen-bond donors (Lipinski definition) is 2. The van der Waals surface area contributed by atoms with Crippen molar-refractivity contribution in [2.45, 2.75) is 33.4 Å². The van der Waals surface area contributed by atoms with E-state index in [2.05, 4.69) is 20.5 Å². The highest BCUT2D eigenvalue weighted by Crippen LogP contribution is 2.20. The number of hydrogen-bond acceptors (Lipinski definition) is 5. The van der Waals surface area contributed by atoms with Crippen molar-refractivity contribution < 1.29 is 18.7 Å². The smallest absolute Gasteiger partial charge is 0.410 e. The van der Waals surface area contributed by atoms with Crippen LogP contribution in [0.15, 0.2) is 36.5 Å². The molecular formula is C22H28FN5O3. The first-order valence-electron chi connectivity index (χ1n) is 10.3. The monoisotopic (exact) mass is 429 g/mol. The number of rotatable bonds is 5. The highest BCUT2D eigenvalue weighted by atomic mass is 19.1. The number of nitrogens with zero attached hydrogens (tertiary/aromatic N) is 3. The van der Waals surface area contributed by atoms with E-state index in [1.807, 2.05) is 13.8 Å². The van der Waals surface area contributed by atoms with Crippen LogP contribution in [-0.4, -0.2) is 59.2 Å². The van der Waals surface area contributed by atoms with Crippen LogP contribution in [0.4, 0.5) is 25.4 Å². The molecule has 2 heterocycles. The van der Waals surface area contributed by atoms with Crippen molar-refractivity contribution in [3.05, 3.63) is 53.6 Å². The lowest BCUT2D eigenvalue weighted by Crippen LogP contribution is -2.53. The number of ether oxygens (including phenoxy) is 1. The van der Waals surface area contributed by atoms with Crippen LogP contribution < -0.4 is 10.6 Å². The topological polar surface area (TPSA) is 86.8 Å². The summed E-state index contributed by atoms with van der Waals surface area (Å²) < 4.78 is 19.3. The number of piperazine rings is 1. The third kappa shape index (κ3) is 6.14. The van der Waals surface area contributed by atoms with Gasteiger partial charge in [0.15, 0.2) is 0 Å². The van der Waals surface area contributed by atoms with Gasteiger partial charge in [0.2, 0.25) is 0 Å². The molecule has 1 aliphatic rings. The molecule has 31 heavy (non-hydrogen) atoms. The van der Waals surface area contributed by atoms with Gasteiger partial charge in [0, 0.05) is 37.9 Å². The van der Waals surface area contributed by atoms with Crippen molar-refractivity contribution in [2.75, 3.05) is 36.9 Å². The fourth-order valence-corrected chi connectivity index (χ4v) is 3.51. The van der Waals surface area contributed by atoms with Gasteiger partial charge >= 0.3 is 12.1 Å². The molecule has 0 radical (unpaired) electrons. The second-order valence-electron chi connectivity index (χ2n) is 7.56. The van der Waals surface area contributed by atoms with Crippen LogP contribution in [0.3, 0.4) is 0 Å². The molecule has 0 bridgehead atoms. The van der Waals surface area contributed by atoms with E-state index in [9.17, 15) is 14.0 Å². The van der Waals surface area contributed by atoms with Crippen LogP contribution in [0.1, 0.15) is 25.1 Å². The molecule has 9 heteroatoms. The first-order valence-corrected chi connectivity index (χ1v) is 10.3. The molecule has 1 atom stereocenters. The largest absolute Gasteiger partial charge is 0.450 e. The molecule has 1 aromatic carbocycles. The molecule has 0 aliphatic carbocycles. The van der Waals surface area contributed by atoms with Gasteiger partial charge in [-0.2, -0.15) is 0 Å². The van der Waals surface area contributed by atoms with Gasteiger partial charge in [0.05, 0.1) is 24.2 Å². The predicted molar refractivity (Wildman–Crippen MR) is 116 cm³/mol. The van der Waals surface area contributed by atoms with Crippen LogP contribution in [0, 0.1) is 12.7 Å². The molecule has 1 unspecified atom stereocenters. The molecule has 2 aromatic rings. The van der Waals surface area contributed by atoms with Crippen LogP contribution >= 0.6 is 0 Å². The van der Waals surface area contributed by atoms with Gasteiger partial charge in [0.1, 0.15) is 5.82 Å². The summed E-state index contributed by atoms with van der Waals surface area (Å²) in [5.41, 5.74) is 2.33. The van der Waals surface area contributed by atoms with Crippen molar-refractivity contribution in [1.29, 1.82) is 0 Å². The summed E-state index contributed by atoms with van der Waals surface area (Å²) in [6.07, 6.45) is 1.25. The average Bonchev–Trinajstić information content (AvgIpc) is 2.72. The molecule has 0 spiro atoms. The lowest BCUT2D eigenvalue weighted by atomic mass is 10.1. The van der Waals surface area contributed by atoms with Gasteiger partial charge in [-0.3, -0.25) is 9.88 Å². The number of nitrogens with one attached hydrogen (secondary N) is 2. The molecule has 1 saturated heterocycles. The first-order chi connectivity index (χ1) is 14.9. The number of carbonyl (C=O) groups is 2. The number of aryl methyl sites for hydroxylation is 1. The zero-order chi connectivity index (χ0) is 22.4. The number of benzene rings is 1. The maximum atomic E-state index is 14.2. The van der Waals surface area contributed by atoms with Crippen molar-refractivity contribution in [3.63, 3.8) is 0 Å². The Balaban J connectivity index is 1.59. The third-order valence-electron chi connectivity index (χ3n) is 5.07. The zero-order valence-electron chi connectivity index (χ0n) is 18.0. The van der Waals surface area contributed by atoms with Crippen molar-refractivity contribution in [2.24, 2.45) is 0 Å². The summed E-state index contributed by atoms with van der Waals surface area (Å²) >= 11 is 0. The van der Waals surface area contributed by atoms with Gasteiger partial charge < -0.3 is 20.3 Å². The standard InChI is InChI=1S/C22H28FN5O3/c1-4-31-22(30)28-10-9-27(13-16(28)3)14-17-6-8-19(23)20(11-17)26-21(29)25-18-7-5-15(2)24-12-18/h5-8,11-12,16H,4,9-10,13-14H2,1-3H3,(H2,25,26,29). The SMILES string of the molecule is CCOC(=O)N1CCN(Cc2ccc(F)c(NC(=O)Nc3ccc(C)nc3)c2)CC1C. The maximum absolute atomic E-state index is 14.2. The van der Waals surface area contributed by atoms with Gasteiger partial charge in [-0.1, -0.05) is 6.07 Å². The molecule has 3 rings (SSSR count). The van der Waals surface area contributed by atoms with Gasteiger partial charge in [-0.05, 0) is 50.6 Å². The van der Waals surface area contributed by atoms with Crippen LogP contribution in [0.2, 0.25) is 0 Å². The minimum Gasteiger partial charge on any atom is -0.450 e. The molecular weight excluding hydrogens is 401 g/mol. The summed E-state index contributed by atoms with van der Waals surface area (Å²) in [5, 5.41) is 5.19. The molecule has 1 aliphatic heterocycles. The lowest BCUT2D eigenvalue weighted by molar-refractivity contribution is 0.0520. The number of anilines is 2. The third-order valence-corrected chi connectivity index (χ3v) is 5.07. The molecule has 166 valence electrons. The first kappa shape index (κ1) is 22.5. The van der Waals surface area contributed by atoms with E-state index in [0.29, 0.717) is 38.5 Å². The fraction of sp³-hybridized carbons (Fsp3) is 0.409. The van der Waals surface area contributed by atoms with E-state index >= 15 is 0 Å². The van der Waals surface area contributed by atoms with E-state index in [-0.39, 0.29) is 17.8 Å². The Kier molecular flexibility index (Phi) is 7.41. The number of urea groups is 1. The van der Waals surface area contributed by atoms with Gasteiger partial charge in [0.25, 0.3) is 0 Å².